The lowest BCUT2D eigenvalue weighted by molar-refractivity contribution is 0.101. The van der Waals surface area contributed by atoms with Gasteiger partial charge in [0, 0.05) is 98.4 Å². The number of thiocarbonyl (C=S) groups is 2. The van der Waals surface area contributed by atoms with Gasteiger partial charge in [-0.3, -0.25) is 9.59 Å². The number of nitrogens with zero attached hydrogens (tertiary/aromatic N) is 2. The van der Waals surface area contributed by atoms with E-state index in [1.54, 1.807) is 43.3 Å². The van der Waals surface area contributed by atoms with E-state index in [2.05, 4.69) is 55.3 Å². The van der Waals surface area contributed by atoms with Crippen LogP contribution in [0.3, 0.4) is 0 Å². The maximum absolute atomic E-state index is 14.6. The minimum absolute atomic E-state index is 0.232. The molecular weight excluding hydrogens is 1230 g/mol. The molecule has 4 heterocycles. The molecule has 12 rings (SSSR count). The molecule has 8 aromatic rings. The third kappa shape index (κ3) is 13.4. The molecule has 2 atom stereocenters. The Morgan fingerprint density at radius 2 is 0.812 bits per heavy atom. The lowest BCUT2D eigenvalue weighted by Gasteiger charge is -2.38. The van der Waals surface area contributed by atoms with Crippen molar-refractivity contribution in [1.29, 1.82) is 0 Å². The number of anilines is 2. The third-order valence-electron chi connectivity index (χ3n) is 14.4. The molecular formula is C68H54Cl6N6O3S2. The summed E-state index contributed by atoms with van der Waals surface area (Å²) in [5, 5.41) is 24.1. The zero-order valence-corrected chi connectivity index (χ0v) is 51.7. The first-order chi connectivity index (χ1) is 41.3. The summed E-state index contributed by atoms with van der Waals surface area (Å²) in [6.07, 6.45) is 0. The smallest absolute Gasteiger partial charge is 0.195 e. The number of allylic oxidation sites excluding steroid dienone is 2. The minimum atomic E-state index is -0.563. The quantitative estimate of drug-likeness (QED) is 0.0596. The van der Waals surface area contributed by atoms with Gasteiger partial charge in [-0.25, -0.2) is 0 Å². The molecule has 428 valence electrons. The highest BCUT2D eigenvalue weighted by Crippen LogP contribution is 2.50. The van der Waals surface area contributed by atoms with Gasteiger partial charge in [-0.15, -0.1) is 0 Å². The Morgan fingerprint density at radius 3 is 1.16 bits per heavy atom. The van der Waals surface area contributed by atoms with Crippen LogP contribution in [0.5, 0.6) is 0 Å². The summed E-state index contributed by atoms with van der Waals surface area (Å²) >= 11 is 51.3. The molecule has 8 aromatic carbocycles. The van der Waals surface area contributed by atoms with Crippen LogP contribution in [0.25, 0.3) is 11.4 Å². The molecule has 5 N–H and O–H groups in total. The lowest BCUT2D eigenvalue weighted by atomic mass is 9.77. The van der Waals surface area contributed by atoms with Gasteiger partial charge in [0.15, 0.2) is 11.6 Å². The second-order valence-electron chi connectivity index (χ2n) is 19.8. The topological polar surface area (TPSA) is 109 Å². The summed E-state index contributed by atoms with van der Waals surface area (Å²) in [4.78, 5) is 34.4. The Morgan fingerprint density at radius 1 is 0.471 bits per heavy atom. The third-order valence-corrected chi connectivity index (χ3v) is 16.6. The predicted octanol–water partition coefficient (Wildman–Crippen LogP) is 17.2. The summed E-state index contributed by atoms with van der Waals surface area (Å²) in [6.45, 7) is 4.54. The van der Waals surface area contributed by atoms with Gasteiger partial charge in [-0.05, 0) is 114 Å². The number of fused-ring (bicyclic) bond motifs is 2. The first-order valence-electron chi connectivity index (χ1n) is 27.2. The van der Waals surface area contributed by atoms with Crippen molar-refractivity contribution in [2.24, 2.45) is 0 Å². The number of carbonyl (C=O) groups excluding carboxylic acids is 2. The number of rotatable bonds is 12. The van der Waals surface area contributed by atoms with E-state index in [0.29, 0.717) is 88.6 Å². The molecule has 4 aliphatic heterocycles. The van der Waals surface area contributed by atoms with E-state index in [-0.39, 0.29) is 18.2 Å². The van der Waals surface area contributed by atoms with Crippen LogP contribution in [0.4, 0.5) is 11.4 Å². The van der Waals surface area contributed by atoms with Crippen LogP contribution in [0.1, 0.15) is 61.7 Å². The van der Waals surface area contributed by atoms with Crippen LogP contribution in [0, 0.1) is 0 Å². The van der Waals surface area contributed by atoms with Crippen LogP contribution < -0.4 is 21.3 Å². The monoisotopic (exact) mass is 1280 g/mol. The van der Waals surface area contributed by atoms with Crippen molar-refractivity contribution in [2.45, 2.75) is 18.8 Å². The predicted molar refractivity (Wildman–Crippen MR) is 358 cm³/mol. The van der Waals surface area contributed by atoms with Crippen molar-refractivity contribution in [3.05, 3.63) is 304 Å². The average molecular weight is 1280 g/mol. The number of hydrogen-bond donors (Lipinski definition) is 5. The first kappa shape index (κ1) is 60.8. The van der Waals surface area contributed by atoms with Gasteiger partial charge in [-0.2, -0.15) is 0 Å². The molecule has 0 unspecified atom stereocenters. The number of aliphatic hydroxyl groups is 1. The van der Waals surface area contributed by atoms with E-state index in [1.165, 1.54) is 0 Å². The van der Waals surface area contributed by atoms with Gasteiger partial charge in [0.1, 0.15) is 21.6 Å². The number of hydrogen-bond acceptors (Lipinski definition) is 9. The maximum atomic E-state index is 14.6. The second kappa shape index (κ2) is 27.8. The molecule has 9 nitrogen and oxygen atoms in total. The zero-order valence-electron chi connectivity index (χ0n) is 45.6. The van der Waals surface area contributed by atoms with E-state index in [4.69, 9.17) is 99.1 Å². The lowest BCUT2D eigenvalue weighted by Crippen LogP contribution is -2.36. The fraction of sp³-hybridized carbons (Fsp3) is 0.118. The van der Waals surface area contributed by atoms with Gasteiger partial charge in [-0.1, -0.05) is 215 Å². The number of ketones is 2. The van der Waals surface area contributed by atoms with Gasteiger partial charge in [0.05, 0.1) is 32.6 Å². The fourth-order valence-electron chi connectivity index (χ4n) is 10.9. The molecule has 17 heteroatoms. The Bertz CT molecular complexity index is 3720. The number of benzene rings is 8. The van der Waals surface area contributed by atoms with Crippen LogP contribution >= 0.6 is 94.0 Å². The molecule has 4 aliphatic rings. The highest BCUT2D eigenvalue weighted by Gasteiger charge is 2.45. The highest BCUT2D eigenvalue weighted by molar-refractivity contribution is 7.81. The zero-order chi connectivity index (χ0) is 59.7. The van der Waals surface area contributed by atoms with Crippen LogP contribution in [0.2, 0.25) is 30.1 Å². The van der Waals surface area contributed by atoms with Crippen molar-refractivity contribution in [3.8, 4) is 0 Å². The second-order valence-corrected chi connectivity index (χ2v) is 23.2. The van der Waals surface area contributed by atoms with Crippen molar-refractivity contribution in [2.75, 3.05) is 43.4 Å². The highest BCUT2D eigenvalue weighted by atomic mass is 35.5. The normalized spacial score (nSPS) is 16.0. The van der Waals surface area contributed by atoms with Crippen molar-refractivity contribution in [1.82, 2.24) is 20.4 Å². The van der Waals surface area contributed by atoms with Crippen LogP contribution in [-0.2, 0) is 0 Å². The SMILES string of the molecule is CCO.O=C(C1=C2NCCN2C(c2ccccc2)=C(C(=S)Nc2ccccc2)[C@@H]1c1cccc(Cl)c1)c1cc(Cl)ccc1Cl.O=C(C1=C2NCCN2C(c2ccccc2)=C(C(=S)Nc2ccccc2)[C@H]1c1cccc(Cl)c1)c1cc(Cl)ccc1Cl. The summed E-state index contributed by atoms with van der Waals surface area (Å²) in [7, 11) is 0. The van der Waals surface area contributed by atoms with Crippen LogP contribution in [-0.4, -0.2) is 69.2 Å². The molecule has 0 aromatic heterocycles. The average Bonchev–Trinajstić information content (AvgIpc) is 3.14. The molecule has 0 spiro atoms. The fourth-order valence-corrected chi connectivity index (χ4v) is 12.7. The maximum Gasteiger partial charge on any atom is 0.195 e. The van der Waals surface area contributed by atoms with Crippen LogP contribution in [0.15, 0.2) is 240 Å². The Labute approximate surface area is 535 Å². The summed E-state index contributed by atoms with van der Waals surface area (Å²) < 4.78 is 0. The van der Waals surface area contributed by atoms with E-state index in [9.17, 15) is 9.59 Å². The van der Waals surface area contributed by atoms with Crippen molar-refractivity contribution in [3.63, 3.8) is 0 Å². The summed E-state index contributed by atoms with van der Waals surface area (Å²) in [5.41, 5.74) is 10.5. The molecule has 0 bridgehead atoms. The van der Waals surface area contributed by atoms with E-state index >= 15 is 0 Å². The number of para-hydroxylation sites is 2. The number of halogens is 6. The Kier molecular flexibility index (Phi) is 19.9. The number of carbonyl (C=O) groups is 2. The van der Waals surface area contributed by atoms with Gasteiger partial charge in [0.25, 0.3) is 0 Å². The van der Waals surface area contributed by atoms with Gasteiger partial charge >= 0.3 is 0 Å². The van der Waals surface area contributed by atoms with Crippen molar-refractivity contribution >= 4 is 138 Å². The van der Waals surface area contributed by atoms with Crippen molar-refractivity contribution < 1.29 is 14.7 Å². The summed E-state index contributed by atoms with van der Waals surface area (Å²) in [6, 6.07) is 64.8. The van der Waals surface area contributed by atoms with Gasteiger partial charge < -0.3 is 36.2 Å². The van der Waals surface area contributed by atoms with E-state index in [1.807, 2.05) is 146 Å². The number of aliphatic hydroxyl groups excluding tert-OH is 1. The molecule has 0 saturated carbocycles. The number of nitrogens with one attached hydrogen (secondary N) is 4. The molecule has 0 aliphatic carbocycles. The molecule has 2 fully saturated rings. The molecule has 2 saturated heterocycles. The minimum Gasteiger partial charge on any atom is -0.397 e. The molecule has 85 heavy (non-hydrogen) atoms. The molecule has 0 amide bonds. The number of Topliss-reactive ketones (excluding diaryl/α,β-unsaturated/α-hetero) is 2. The Balaban J connectivity index is 0.000000181. The van der Waals surface area contributed by atoms with Gasteiger partial charge in [0.2, 0.25) is 0 Å². The van der Waals surface area contributed by atoms with E-state index < -0.39 is 11.8 Å². The van der Waals surface area contributed by atoms with E-state index in [0.717, 1.165) is 67.8 Å². The summed E-state index contributed by atoms with van der Waals surface area (Å²) in [5.74, 6) is -0.144. The largest absolute Gasteiger partial charge is 0.397 e. The first-order valence-corrected chi connectivity index (χ1v) is 30.3. The Hall–Kier alpha value is -7.26. The standard InChI is InChI=1S/2C33H24Cl3N3OS.C2H6O/c2*34-22-11-7-10-21(18-22)27-28(33(41)38-24-12-5-2-6-13-24)30(20-8-3-1-4-9-20)39-17-16-37-32(39)29(27)31(40)25-19-23(35)14-15-26(25)36;1-2-3/h2*1-15,18-19,27,37H,16-17H2,(H,38,41);3H,2H2,1H3/t2*27-;/m10./s1. The molecule has 0 radical (unpaired) electrons.